The predicted octanol–water partition coefficient (Wildman–Crippen LogP) is 1.10. The van der Waals surface area contributed by atoms with Gasteiger partial charge in [0.15, 0.2) is 0 Å². The van der Waals surface area contributed by atoms with Crippen LogP contribution >= 0.6 is 0 Å². The molecule has 1 aromatic carbocycles. The molecule has 8 heteroatoms. The number of carbonyl (C=O) groups is 1. The summed E-state index contributed by atoms with van der Waals surface area (Å²) in [6.45, 7) is 2.02. The van der Waals surface area contributed by atoms with Gasteiger partial charge in [-0.15, -0.1) is 0 Å². The molecule has 7 nitrogen and oxygen atoms in total. The number of piperidine rings is 1. The van der Waals surface area contributed by atoms with Crippen LogP contribution in [0.25, 0.3) is 0 Å². The van der Waals surface area contributed by atoms with E-state index in [0.29, 0.717) is 19.0 Å². The number of hydrogen-bond donors (Lipinski definition) is 1. The van der Waals surface area contributed by atoms with E-state index in [1.165, 1.54) is 12.1 Å². The van der Waals surface area contributed by atoms with Gasteiger partial charge in [-0.3, -0.25) is 4.79 Å². The summed E-state index contributed by atoms with van der Waals surface area (Å²) in [4.78, 5) is 18.2. The molecule has 0 atom stereocenters. The lowest BCUT2D eigenvalue weighted by Gasteiger charge is -2.32. The average Bonchev–Trinajstić information content (AvgIpc) is 3.14. The maximum Gasteiger partial charge on any atom is 0.241 e. The Morgan fingerprint density at radius 2 is 1.92 bits per heavy atom. The fraction of sp³-hybridized carbons (Fsp3) is 0.412. The molecule has 0 radical (unpaired) electrons. The number of hydrogen-bond acceptors (Lipinski definition) is 4. The number of sulfonamides is 1. The second-order valence-electron chi connectivity index (χ2n) is 6.22. The quantitative estimate of drug-likeness (QED) is 0.834. The molecule has 0 unspecified atom stereocenters. The predicted molar refractivity (Wildman–Crippen MR) is 93.2 cm³/mol. The van der Waals surface area contributed by atoms with Gasteiger partial charge in [-0.1, -0.05) is 18.2 Å². The fourth-order valence-corrected chi connectivity index (χ4v) is 4.00. The van der Waals surface area contributed by atoms with Crippen molar-refractivity contribution in [3.63, 3.8) is 0 Å². The Balaban J connectivity index is 1.46. The van der Waals surface area contributed by atoms with Gasteiger partial charge in [-0.2, -0.15) is 0 Å². The van der Waals surface area contributed by atoms with E-state index < -0.39 is 10.0 Å². The van der Waals surface area contributed by atoms with E-state index in [2.05, 4.69) is 14.3 Å². The van der Waals surface area contributed by atoms with Crippen LogP contribution in [0.15, 0.2) is 53.9 Å². The standard InChI is InChI=1S/C17H22N4O3S/c22-17(12-19-25(23,24)16-4-2-1-3-5-16)21-9-6-15(7-10-21)13-20-11-8-18-14-20/h1-5,8,11,14-15,19H,6-7,9-10,12-13H2. The molecule has 0 bridgehead atoms. The van der Waals surface area contributed by atoms with E-state index in [1.807, 2.05) is 6.20 Å². The molecule has 1 aliphatic heterocycles. The first-order valence-corrected chi connectivity index (χ1v) is 9.81. The van der Waals surface area contributed by atoms with E-state index in [4.69, 9.17) is 0 Å². The Bertz CT molecular complexity index is 783. The van der Waals surface area contributed by atoms with Gasteiger partial charge < -0.3 is 9.47 Å². The number of imidazole rings is 1. The van der Waals surface area contributed by atoms with Gasteiger partial charge >= 0.3 is 0 Å². The molecule has 0 aliphatic carbocycles. The lowest BCUT2D eigenvalue weighted by atomic mass is 9.96. The van der Waals surface area contributed by atoms with Crippen molar-refractivity contribution in [2.45, 2.75) is 24.3 Å². The second-order valence-corrected chi connectivity index (χ2v) is 7.99. The highest BCUT2D eigenvalue weighted by Crippen LogP contribution is 2.19. The van der Waals surface area contributed by atoms with Crippen LogP contribution in [0.2, 0.25) is 0 Å². The number of carbonyl (C=O) groups excluding carboxylic acids is 1. The normalized spacial score (nSPS) is 16.1. The van der Waals surface area contributed by atoms with E-state index >= 15 is 0 Å². The molecular weight excluding hydrogens is 340 g/mol. The van der Waals surface area contributed by atoms with Crippen LogP contribution < -0.4 is 4.72 Å². The lowest BCUT2D eigenvalue weighted by molar-refractivity contribution is -0.131. The summed E-state index contributed by atoms with van der Waals surface area (Å²) < 4.78 is 28.8. The second kappa shape index (κ2) is 7.79. The number of aromatic nitrogens is 2. The Labute approximate surface area is 147 Å². The molecule has 1 aliphatic rings. The summed E-state index contributed by atoms with van der Waals surface area (Å²) in [5.41, 5.74) is 0. The van der Waals surface area contributed by atoms with Crippen LogP contribution in [-0.4, -0.2) is 48.4 Å². The first-order valence-electron chi connectivity index (χ1n) is 8.33. The topological polar surface area (TPSA) is 84.3 Å². The van der Waals surface area contributed by atoms with Crippen molar-refractivity contribution in [1.29, 1.82) is 0 Å². The third kappa shape index (κ3) is 4.67. The number of rotatable bonds is 6. The van der Waals surface area contributed by atoms with Crippen LogP contribution in [0.5, 0.6) is 0 Å². The largest absolute Gasteiger partial charge is 0.342 e. The third-order valence-corrected chi connectivity index (χ3v) is 5.88. The molecule has 1 fully saturated rings. The molecule has 3 rings (SSSR count). The Morgan fingerprint density at radius 3 is 2.56 bits per heavy atom. The van der Waals surface area contributed by atoms with Gasteiger partial charge in [0.2, 0.25) is 15.9 Å². The fourth-order valence-electron chi connectivity index (χ4n) is 3.01. The lowest BCUT2D eigenvalue weighted by Crippen LogP contribution is -2.44. The maximum atomic E-state index is 12.3. The molecular formula is C17H22N4O3S. The molecule has 2 aromatic rings. The van der Waals surface area contributed by atoms with Gasteiger partial charge in [-0.05, 0) is 30.9 Å². The van der Waals surface area contributed by atoms with Gasteiger partial charge in [0.05, 0.1) is 17.8 Å². The minimum Gasteiger partial charge on any atom is -0.342 e. The number of benzene rings is 1. The van der Waals surface area contributed by atoms with E-state index in [1.54, 1.807) is 35.6 Å². The number of nitrogens with zero attached hydrogens (tertiary/aromatic N) is 3. The minimum absolute atomic E-state index is 0.168. The first kappa shape index (κ1) is 17.6. The monoisotopic (exact) mass is 362 g/mol. The summed E-state index contributed by atoms with van der Waals surface area (Å²) in [6.07, 6.45) is 7.33. The molecule has 1 aromatic heterocycles. The van der Waals surface area contributed by atoms with E-state index in [-0.39, 0.29) is 17.3 Å². The zero-order valence-electron chi connectivity index (χ0n) is 13.9. The highest BCUT2D eigenvalue weighted by molar-refractivity contribution is 7.89. The van der Waals surface area contributed by atoms with E-state index in [0.717, 1.165) is 19.4 Å². The molecule has 0 spiro atoms. The Morgan fingerprint density at radius 1 is 1.20 bits per heavy atom. The Hall–Kier alpha value is -2.19. The maximum absolute atomic E-state index is 12.3. The molecule has 1 N–H and O–H groups in total. The van der Waals surface area contributed by atoms with Crippen LogP contribution in [0, 0.1) is 5.92 Å². The molecule has 1 amide bonds. The first-order chi connectivity index (χ1) is 12.0. The summed E-state index contributed by atoms with van der Waals surface area (Å²) in [5, 5.41) is 0. The highest BCUT2D eigenvalue weighted by Gasteiger charge is 2.24. The van der Waals surface area contributed by atoms with Crippen LogP contribution in [0.1, 0.15) is 12.8 Å². The summed E-state index contributed by atoms with van der Waals surface area (Å²) >= 11 is 0. The van der Waals surface area contributed by atoms with Crippen molar-refractivity contribution in [1.82, 2.24) is 19.2 Å². The molecule has 134 valence electrons. The third-order valence-electron chi connectivity index (χ3n) is 4.46. The van der Waals surface area contributed by atoms with Crippen LogP contribution in [0.3, 0.4) is 0 Å². The minimum atomic E-state index is -3.65. The smallest absolute Gasteiger partial charge is 0.241 e. The van der Waals surface area contributed by atoms with Gasteiger partial charge in [0, 0.05) is 32.0 Å². The van der Waals surface area contributed by atoms with Gasteiger partial charge in [-0.25, -0.2) is 18.1 Å². The van der Waals surface area contributed by atoms with Crippen LogP contribution in [0.4, 0.5) is 0 Å². The zero-order valence-corrected chi connectivity index (χ0v) is 14.7. The van der Waals surface area contributed by atoms with Gasteiger partial charge in [0.1, 0.15) is 0 Å². The van der Waals surface area contributed by atoms with Crippen molar-refractivity contribution in [3.05, 3.63) is 49.1 Å². The molecule has 0 saturated carbocycles. The highest BCUT2D eigenvalue weighted by atomic mass is 32.2. The summed E-state index contributed by atoms with van der Waals surface area (Å²) in [7, 11) is -3.65. The molecule has 2 heterocycles. The van der Waals surface area contributed by atoms with E-state index in [9.17, 15) is 13.2 Å². The number of nitrogens with one attached hydrogen (secondary N) is 1. The molecule has 1 saturated heterocycles. The number of amides is 1. The van der Waals surface area contributed by atoms with Crippen molar-refractivity contribution in [3.8, 4) is 0 Å². The van der Waals surface area contributed by atoms with Crippen molar-refractivity contribution >= 4 is 15.9 Å². The average molecular weight is 362 g/mol. The summed E-state index contributed by atoms with van der Waals surface area (Å²) in [6, 6.07) is 8.07. The molecule has 25 heavy (non-hydrogen) atoms. The van der Waals surface area contributed by atoms with Gasteiger partial charge in [0.25, 0.3) is 0 Å². The van der Waals surface area contributed by atoms with Crippen molar-refractivity contribution < 1.29 is 13.2 Å². The van der Waals surface area contributed by atoms with Crippen LogP contribution in [-0.2, 0) is 21.4 Å². The zero-order chi connectivity index (χ0) is 17.7. The number of likely N-dealkylation sites (tertiary alicyclic amines) is 1. The Kier molecular flexibility index (Phi) is 5.50. The SMILES string of the molecule is O=C(CNS(=O)(=O)c1ccccc1)N1CCC(Cn2ccnc2)CC1. The van der Waals surface area contributed by atoms with Crippen molar-refractivity contribution in [2.75, 3.05) is 19.6 Å². The van der Waals surface area contributed by atoms with Crippen molar-refractivity contribution in [2.24, 2.45) is 5.92 Å². The summed E-state index contributed by atoms with van der Waals surface area (Å²) in [5.74, 6) is 0.333.